The summed E-state index contributed by atoms with van der Waals surface area (Å²) in [5.41, 5.74) is 3.33. The van der Waals surface area contributed by atoms with Crippen LogP contribution in [0.1, 0.15) is 21.5 Å². The van der Waals surface area contributed by atoms with Crippen molar-refractivity contribution in [1.82, 2.24) is 5.32 Å². The van der Waals surface area contributed by atoms with Crippen LogP contribution < -0.4 is 10.6 Å². The second-order valence-electron chi connectivity index (χ2n) is 5.19. The van der Waals surface area contributed by atoms with Gasteiger partial charge in [-0.25, -0.2) is 0 Å². The van der Waals surface area contributed by atoms with E-state index in [-0.39, 0.29) is 11.8 Å². The van der Waals surface area contributed by atoms with Crippen molar-refractivity contribution < 1.29 is 9.59 Å². The molecule has 4 heteroatoms. The average Bonchev–Trinajstić information content (AvgIpc) is 2.49. The van der Waals surface area contributed by atoms with Crippen LogP contribution in [0.5, 0.6) is 0 Å². The van der Waals surface area contributed by atoms with Crippen molar-refractivity contribution >= 4 is 17.5 Å². The molecule has 1 aliphatic rings. The number of hydrogen-bond donors (Lipinski definition) is 2. The predicted octanol–water partition coefficient (Wildman–Crippen LogP) is 2.29. The summed E-state index contributed by atoms with van der Waals surface area (Å²) >= 11 is 0. The maximum Gasteiger partial charge on any atom is 0.252 e. The highest BCUT2D eigenvalue weighted by molar-refractivity contribution is 6.04. The summed E-state index contributed by atoms with van der Waals surface area (Å²) in [5, 5.41) is 5.64. The molecular formula is C17H16N2O2. The van der Waals surface area contributed by atoms with Gasteiger partial charge in [-0.2, -0.15) is 0 Å². The molecule has 21 heavy (non-hydrogen) atoms. The zero-order valence-corrected chi connectivity index (χ0v) is 11.7. The first-order valence-corrected chi connectivity index (χ1v) is 6.90. The molecule has 1 heterocycles. The van der Waals surface area contributed by atoms with Crippen molar-refractivity contribution in [3.05, 3.63) is 65.2 Å². The Balaban J connectivity index is 1.78. The van der Waals surface area contributed by atoms with Gasteiger partial charge in [0, 0.05) is 17.7 Å². The van der Waals surface area contributed by atoms with E-state index in [0.717, 1.165) is 16.8 Å². The summed E-state index contributed by atoms with van der Waals surface area (Å²) in [6.45, 7) is 1.93. The third-order valence-corrected chi connectivity index (χ3v) is 3.71. The highest BCUT2D eigenvalue weighted by Gasteiger charge is 2.28. The minimum absolute atomic E-state index is 0.188. The molecular weight excluding hydrogens is 264 g/mol. The summed E-state index contributed by atoms with van der Waals surface area (Å²) in [4.78, 5) is 24.4. The Bertz CT molecular complexity index is 709. The number of anilines is 1. The highest BCUT2D eigenvalue weighted by Crippen LogP contribution is 2.18. The van der Waals surface area contributed by atoms with Gasteiger partial charge in [-0.05, 0) is 30.2 Å². The molecule has 3 rings (SSSR count). The van der Waals surface area contributed by atoms with Crippen LogP contribution in [-0.2, 0) is 11.2 Å². The Hall–Kier alpha value is -2.62. The monoisotopic (exact) mass is 280 g/mol. The van der Waals surface area contributed by atoms with E-state index in [1.165, 1.54) is 0 Å². The lowest BCUT2D eigenvalue weighted by Gasteiger charge is -2.25. The van der Waals surface area contributed by atoms with Crippen molar-refractivity contribution in [2.45, 2.75) is 19.4 Å². The zero-order valence-electron chi connectivity index (χ0n) is 11.7. The second kappa shape index (κ2) is 5.40. The third kappa shape index (κ3) is 2.65. The van der Waals surface area contributed by atoms with E-state index in [4.69, 9.17) is 0 Å². The molecule has 0 radical (unpaired) electrons. The largest absolute Gasteiger partial charge is 0.340 e. The van der Waals surface area contributed by atoms with E-state index in [1.807, 2.05) is 49.4 Å². The number of carbonyl (C=O) groups is 2. The number of nitrogens with one attached hydrogen (secondary N) is 2. The second-order valence-corrected chi connectivity index (χ2v) is 5.19. The maximum absolute atomic E-state index is 12.3. The number of amides is 2. The molecule has 2 aromatic rings. The zero-order chi connectivity index (χ0) is 14.8. The fourth-order valence-electron chi connectivity index (χ4n) is 2.52. The number of aryl methyl sites for hydroxylation is 1. The number of carbonyl (C=O) groups excluding carboxylic acids is 2. The quantitative estimate of drug-likeness (QED) is 0.886. The molecule has 106 valence electrons. The molecule has 0 saturated heterocycles. The average molecular weight is 280 g/mol. The highest BCUT2D eigenvalue weighted by atomic mass is 16.2. The van der Waals surface area contributed by atoms with Gasteiger partial charge >= 0.3 is 0 Å². The van der Waals surface area contributed by atoms with Gasteiger partial charge in [0.15, 0.2) is 0 Å². The van der Waals surface area contributed by atoms with Crippen molar-refractivity contribution in [2.75, 3.05) is 5.32 Å². The summed E-state index contributed by atoms with van der Waals surface area (Å²) in [5.74, 6) is -0.381. The van der Waals surface area contributed by atoms with Gasteiger partial charge < -0.3 is 10.6 Å². The Kier molecular flexibility index (Phi) is 3.44. The predicted molar refractivity (Wildman–Crippen MR) is 81.2 cm³/mol. The van der Waals surface area contributed by atoms with Gasteiger partial charge in [0.2, 0.25) is 5.91 Å². The topological polar surface area (TPSA) is 58.2 Å². The van der Waals surface area contributed by atoms with Crippen molar-refractivity contribution in [1.29, 1.82) is 0 Å². The Morgan fingerprint density at radius 2 is 1.86 bits per heavy atom. The molecule has 1 aliphatic heterocycles. The fraction of sp³-hybridized carbons (Fsp3) is 0.176. The first kappa shape index (κ1) is 13.4. The maximum atomic E-state index is 12.3. The molecule has 4 nitrogen and oxygen atoms in total. The Morgan fingerprint density at radius 3 is 2.67 bits per heavy atom. The molecule has 0 aromatic heterocycles. The van der Waals surface area contributed by atoms with Gasteiger partial charge in [0.25, 0.3) is 5.91 Å². The third-order valence-electron chi connectivity index (χ3n) is 3.71. The van der Waals surface area contributed by atoms with Crippen LogP contribution in [0.15, 0.2) is 48.5 Å². The van der Waals surface area contributed by atoms with E-state index in [2.05, 4.69) is 10.6 Å². The van der Waals surface area contributed by atoms with E-state index in [9.17, 15) is 9.59 Å². The number of rotatable bonds is 2. The van der Waals surface area contributed by atoms with E-state index in [1.54, 1.807) is 6.07 Å². The molecule has 1 unspecified atom stereocenters. The van der Waals surface area contributed by atoms with Crippen molar-refractivity contribution in [2.24, 2.45) is 0 Å². The van der Waals surface area contributed by atoms with Crippen molar-refractivity contribution in [3.63, 3.8) is 0 Å². The SMILES string of the molecule is Cc1ccccc1NC(=O)C1Cc2ccccc2C(=O)N1. The van der Waals surface area contributed by atoms with Crippen LogP contribution >= 0.6 is 0 Å². The van der Waals surface area contributed by atoms with E-state index in [0.29, 0.717) is 12.0 Å². The van der Waals surface area contributed by atoms with Crippen LogP contribution in [0, 0.1) is 6.92 Å². The standard InChI is InChI=1S/C17H16N2O2/c1-11-6-2-5-9-14(11)18-17(21)15-10-12-7-3-4-8-13(12)16(20)19-15/h2-9,15H,10H2,1H3,(H,18,21)(H,19,20). The number of hydrogen-bond acceptors (Lipinski definition) is 2. The summed E-state index contributed by atoms with van der Waals surface area (Å²) in [6, 6.07) is 14.4. The summed E-state index contributed by atoms with van der Waals surface area (Å²) in [7, 11) is 0. The molecule has 0 spiro atoms. The molecule has 0 aliphatic carbocycles. The number of para-hydroxylation sites is 1. The molecule has 1 atom stereocenters. The van der Waals surface area contributed by atoms with E-state index < -0.39 is 6.04 Å². The minimum atomic E-state index is -0.535. The van der Waals surface area contributed by atoms with Crippen LogP contribution in [0.3, 0.4) is 0 Å². The van der Waals surface area contributed by atoms with Gasteiger partial charge in [0.05, 0.1) is 0 Å². The molecule has 0 saturated carbocycles. The number of fused-ring (bicyclic) bond motifs is 1. The van der Waals surface area contributed by atoms with E-state index >= 15 is 0 Å². The van der Waals surface area contributed by atoms with Crippen molar-refractivity contribution in [3.8, 4) is 0 Å². The van der Waals surface area contributed by atoms with Crippen LogP contribution in [0.2, 0.25) is 0 Å². The van der Waals surface area contributed by atoms with Gasteiger partial charge in [-0.3, -0.25) is 9.59 Å². The van der Waals surface area contributed by atoms with Crippen LogP contribution in [0.4, 0.5) is 5.69 Å². The summed E-state index contributed by atoms with van der Waals surface area (Å²) < 4.78 is 0. The molecule has 2 amide bonds. The normalized spacial score (nSPS) is 16.8. The Labute approximate surface area is 123 Å². The van der Waals surface area contributed by atoms with Crippen LogP contribution in [0.25, 0.3) is 0 Å². The lowest BCUT2D eigenvalue weighted by molar-refractivity contribution is -0.118. The van der Waals surface area contributed by atoms with Gasteiger partial charge in [-0.15, -0.1) is 0 Å². The fourth-order valence-corrected chi connectivity index (χ4v) is 2.52. The van der Waals surface area contributed by atoms with Gasteiger partial charge in [-0.1, -0.05) is 36.4 Å². The minimum Gasteiger partial charge on any atom is -0.340 e. The smallest absolute Gasteiger partial charge is 0.252 e. The summed E-state index contributed by atoms with van der Waals surface area (Å²) in [6.07, 6.45) is 0.514. The Morgan fingerprint density at radius 1 is 1.14 bits per heavy atom. The van der Waals surface area contributed by atoms with Gasteiger partial charge in [0.1, 0.15) is 6.04 Å². The van der Waals surface area contributed by atoms with Crippen LogP contribution in [-0.4, -0.2) is 17.9 Å². The molecule has 2 aromatic carbocycles. The lowest BCUT2D eigenvalue weighted by Crippen LogP contribution is -2.48. The molecule has 0 fully saturated rings. The lowest BCUT2D eigenvalue weighted by atomic mass is 9.95. The first-order valence-electron chi connectivity index (χ1n) is 6.90. The first-order chi connectivity index (χ1) is 10.1. The molecule has 2 N–H and O–H groups in total. The molecule has 0 bridgehead atoms. The number of benzene rings is 2.